The van der Waals surface area contributed by atoms with E-state index >= 15 is 0 Å². The Morgan fingerprint density at radius 3 is 2.06 bits per heavy atom. The molecule has 0 aromatic heterocycles. The number of morpholine rings is 1. The lowest BCUT2D eigenvalue weighted by molar-refractivity contribution is -0.0440. The third-order valence-electron chi connectivity index (χ3n) is 6.72. The maximum Gasteiger partial charge on any atom is 0.251 e. The molecule has 2 aromatic carbocycles. The number of sulfonamides is 1. The second kappa shape index (κ2) is 11.6. The molecule has 0 aliphatic carbocycles. The van der Waals surface area contributed by atoms with Crippen molar-refractivity contribution in [2.45, 2.75) is 69.7 Å². The molecule has 2 fully saturated rings. The largest absolute Gasteiger partial charge is 0.373 e. The molecule has 2 aliphatic heterocycles. The Labute approximate surface area is 209 Å². The second-order valence-electron chi connectivity index (χ2n) is 9.79. The quantitative estimate of drug-likeness (QED) is 0.627. The molecule has 0 saturated carbocycles. The van der Waals surface area contributed by atoms with Crippen molar-refractivity contribution in [3.63, 3.8) is 0 Å². The highest BCUT2D eigenvalue weighted by Gasteiger charge is 2.32. The zero-order chi connectivity index (χ0) is 24.8. The Morgan fingerprint density at radius 1 is 0.886 bits per heavy atom. The van der Waals surface area contributed by atoms with Crippen LogP contribution in [0, 0.1) is 0 Å². The summed E-state index contributed by atoms with van der Waals surface area (Å²) in [5.74, 6) is -0.226. The summed E-state index contributed by atoms with van der Waals surface area (Å²) in [7, 11) is -3.62. The summed E-state index contributed by atoms with van der Waals surface area (Å²) >= 11 is 0. The fourth-order valence-corrected chi connectivity index (χ4v) is 6.44. The van der Waals surface area contributed by atoms with E-state index < -0.39 is 10.0 Å². The van der Waals surface area contributed by atoms with Gasteiger partial charge in [0.1, 0.15) is 0 Å². The van der Waals surface area contributed by atoms with Crippen molar-refractivity contribution < 1.29 is 17.9 Å². The van der Waals surface area contributed by atoms with Gasteiger partial charge in [0, 0.05) is 31.7 Å². The average molecular weight is 500 g/mol. The highest BCUT2D eigenvalue weighted by atomic mass is 32.2. The van der Waals surface area contributed by atoms with E-state index in [0.29, 0.717) is 25.2 Å². The molecule has 2 aliphatic rings. The molecule has 0 spiro atoms. The molecule has 1 N–H and O–H groups in total. The molecule has 7 nitrogen and oxygen atoms in total. The van der Waals surface area contributed by atoms with Gasteiger partial charge in [-0.05, 0) is 75.2 Å². The van der Waals surface area contributed by atoms with Crippen LogP contribution in [-0.4, -0.2) is 61.9 Å². The van der Waals surface area contributed by atoms with Crippen molar-refractivity contribution in [3.8, 4) is 0 Å². The van der Waals surface area contributed by atoms with E-state index in [9.17, 15) is 13.2 Å². The molecule has 2 saturated heterocycles. The van der Waals surface area contributed by atoms with E-state index in [1.54, 1.807) is 12.1 Å². The van der Waals surface area contributed by atoms with Crippen molar-refractivity contribution in [1.82, 2.24) is 14.5 Å². The van der Waals surface area contributed by atoms with Crippen molar-refractivity contribution >= 4 is 15.9 Å². The lowest BCUT2D eigenvalue weighted by Crippen LogP contribution is -2.48. The number of benzene rings is 2. The Morgan fingerprint density at radius 2 is 1.46 bits per heavy atom. The van der Waals surface area contributed by atoms with Gasteiger partial charge in [-0.25, -0.2) is 8.42 Å². The number of nitrogens with one attached hydrogen (secondary N) is 1. The van der Waals surface area contributed by atoms with E-state index in [1.807, 2.05) is 13.8 Å². The first kappa shape index (κ1) is 25.8. The molecule has 190 valence electrons. The molecule has 2 unspecified atom stereocenters. The molecule has 0 radical (unpaired) electrons. The molecule has 2 atom stereocenters. The summed E-state index contributed by atoms with van der Waals surface area (Å²) in [5.41, 5.74) is 2.76. The first-order valence-electron chi connectivity index (χ1n) is 12.7. The number of rotatable bonds is 7. The fraction of sp³-hybridized carbons (Fsp3) is 0.519. The molecule has 2 aromatic rings. The molecule has 1 amide bonds. The Bertz CT molecular complexity index is 1070. The van der Waals surface area contributed by atoms with Gasteiger partial charge in [-0.2, -0.15) is 4.31 Å². The van der Waals surface area contributed by atoms with E-state index in [2.05, 4.69) is 34.5 Å². The van der Waals surface area contributed by atoms with Gasteiger partial charge in [-0.3, -0.25) is 9.69 Å². The van der Waals surface area contributed by atoms with Crippen molar-refractivity contribution in [3.05, 3.63) is 65.2 Å². The van der Waals surface area contributed by atoms with Gasteiger partial charge in [-0.15, -0.1) is 0 Å². The molecule has 4 rings (SSSR count). The van der Waals surface area contributed by atoms with Gasteiger partial charge in [0.15, 0.2) is 0 Å². The van der Waals surface area contributed by atoms with Crippen molar-refractivity contribution in [2.24, 2.45) is 0 Å². The molecular weight excluding hydrogens is 462 g/mol. The van der Waals surface area contributed by atoms with Crippen molar-refractivity contribution in [1.29, 1.82) is 0 Å². The van der Waals surface area contributed by atoms with Crippen molar-refractivity contribution in [2.75, 3.05) is 26.2 Å². The Hall–Kier alpha value is -2.26. The van der Waals surface area contributed by atoms with Crippen LogP contribution in [0.1, 0.15) is 61.0 Å². The van der Waals surface area contributed by atoms with E-state index in [4.69, 9.17) is 4.74 Å². The summed E-state index contributed by atoms with van der Waals surface area (Å²) in [6, 6.07) is 14.6. The third kappa shape index (κ3) is 6.91. The lowest BCUT2D eigenvalue weighted by Gasteiger charge is -2.34. The van der Waals surface area contributed by atoms with Crippen LogP contribution < -0.4 is 5.32 Å². The minimum atomic E-state index is -3.62. The SMILES string of the molecule is CC1CN(S(=O)(=O)c2ccc(C(=O)NCc3ccc(CN4CCCCCC4)cc3)cc2)CC(C)O1. The van der Waals surface area contributed by atoms with Crippen LogP contribution in [0.15, 0.2) is 53.4 Å². The van der Waals surface area contributed by atoms with E-state index in [-0.39, 0.29) is 23.0 Å². The zero-order valence-corrected chi connectivity index (χ0v) is 21.6. The summed E-state index contributed by atoms with van der Waals surface area (Å²) < 4.78 is 33.1. The number of likely N-dealkylation sites (tertiary alicyclic amines) is 1. The number of carbonyl (C=O) groups excluding carboxylic acids is 1. The Kier molecular flexibility index (Phi) is 8.59. The van der Waals surface area contributed by atoms with Crippen LogP contribution in [-0.2, 0) is 27.8 Å². The summed E-state index contributed by atoms with van der Waals surface area (Å²) in [5, 5.41) is 2.93. The number of ether oxygens (including phenoxy) is 1. The summed E-state index contributed by atoms with van der Waals surface area (Å²) in [6.07, 6.45) is 4.93. The number of amides is 1. The zero-order valence-electron chi connectivity index (χ0n) is 20.8. The van der Waals surface area contributed by atoms with Crippen LogP contribution in [0.4, 0.5) is 0 Å². The molecule has 0 bridgehead atoms. The lowest BCUT2D eigenvalue weighted by atomic mass is 10.1. The predicted molar refractivity (Wildman–Crippen MR) is 137 cm³/mol. The summed E-state index contributed by atoms with van der Waals surface area (Å²) in [6.45, 7) is 8.13. The molecule has 8 heteroatoms. The van der Waals surface area contributed by atoms with Crippen LogP contribution in [0.2, 0.25) is 0 Å². The third-order valence-corrected chi connectivity index (χ3v) is 8.57. The first-order valence-corrected chi connectivity index (χ1v) is 14.1. The first-order chi connectivity index (χ1) is 16.8. The maximum atomic E-state index is 13.0. The van der Waals surface area contributed by atoms with Crippen LogP contribution >= 0.6 is 0 Å². The highest BCUT2D eigenvalue weighted by molar-refractivity contribution is 7.89. The minimum absolute atomic E-state index is 0.151. The van der Waals surface area contributed by atoms with Gasteiger partial charge in [0.05, 0.1) is 17.1 Å². The number of nitrogens with zero attached hydrogens (tertiary/aromatic N) is 2. The van der Waals surface area contributed by atoms with Gasteiger partial charge in [-0.1, -0.05) is 37.1 Å². The van der Waals surface area contributed by atoms with Gasteiger partial charge < -0.3 is 10.1 Å². The molecule has 2 heterocycles. The Balaban J connectivity index is 1.30. The topological polar surface area (TPSA) is 79.0 Å². The van der Waals surface area contributed by atoms with Crippen LogP contribution in [0.5, 0.6) is 0 Å². The summed E-state index contributed by atoms with van der Waals surface area (Å²) in [4.78, 5) is 15.3. The van der Waals surface area contributed by atoms with Gasteiger partial charge in [0.25, 0.3) is 5.91 Å². The van der Waals surface area contributed by atoms with Gasteiger partial charge >= 0.3 is 0 Å². The van der Waals surface area contributed by atoms with Crippen LogP contribution in [0.25, 0.3) is 0 Å². The van der Waals surface area contributed by atoms with Gasteiger partial charge in [0.2, 0.25) is 10.0 Å². The highest BCUT2D eigenvalue weighted by Crippen LogP contribution is 2.21. The number of hydrogen-bond acceptors (Lipinski definition) is 5. The predicted octanol–water partition coefficient (Wildman–Crippen LogP) is 3.79. The number of carbonyl (C=O) groups is 1. The fourth-order valence-electron chi connectivity index (χ4n) is 4.85. The minimum Gasteiger partial charge on any atom is -0.373 e. The standard InChI is InChI=1S/C27H37N3O4S/c1-21-18-30(19-22(2)34-21)35(32,33)26-13-11-25(12-14-26)27(31)28-17-23-7-9-24(10-8-23)20-29-15-5-3-4-6-16-29/h7-14,21-22H,3-6,15-20H2,1-2H3,(H,28,31). The smallest absolute Gasteiger partial charge is 0.251 e. The number of hydrogen-bond donors (Lipinski definition) is 1. The monoisotopic (exact) mass is 499 g/mol. The second-order valence-corrected chi connectivity index (χ2v) is 11.7. The van der Waals surface area contributed by atoms with E-state index in [1.165, 1.54) is 60.8 Å². The van der Waals surface area contributed by atoms with Crippen LogP contribution in [0.3, 0.4) is 0 Å². The van der Waals surface area contributed by atoms with E-state index in [0.717, 1.165) is 12.1 Å². The molecule has 35 heavy (non-hydrogen) atoms. The normalized spacial score (nSPS) is 22.5. The molecular formula is C27H37N3O4S. The maximum absolute atomic E-state index is 13.0. The average Bonchev–Trinajstić information content (AvgIpc) is 3.11.